The molecular formula is C10H13N3S2. The Hall–Kier alpha value is -0.940. The molecule has 1 N–H and O–H groups in total. The third-order valence-corrected chi connectivity index (χ3v) is 3.62. The summed E-state index contributed by atoms with van der Waals surface area (Å²) in [6, 6.07) is 4.65. The molecular weight excluding hydrogens is 226 g/mol. The fourth-order valence-corrected chi connectivity index (χ4v) is 2.87. The third kappa shape index (κ3) is 3.00. The summed E-state index contributed by atoms with van der Waals surface area (Å²) in [5, 5.41) is 6.37. The zero-order chi connectivity index (χ0) is 10.7. The van der Waals surface area contributed by atoms with Gasteiger partial charge in [0.15, 0.2) is 0 Å². The Morgan fingerprint density at radius 1 is 1.53 bits per heavy atom. The second-order valence-electron chi connectivity index (χ2n) is 3.48. The monoisotopic (exact) mass is 239 g/mol. The van der Waals surface area contributed by atoms with Crippen LogP contribution >= 0.6 is 22.9 Å². The first kappa shape index (κ1) is 10.6. The molecule has 1 unspecified atom stereocenters. The van der Waals surface area contributed by atoms with Gasteiger partial charge in [0.2, 0.25) is 5.13 Å². The highest BCUT2D eigenvalue weighted by atomic mass is 32.1. The molecule has 5 heteroatoms. The Morgan fingerprint density at radius 3 is 3.00 bits per heavy atom. The highest BCUT2D eigenvalue weighted by Crippen LogP contribution is 2.15. The average molecular weight is 239 g/mol. The Bertz CT molecular complexity index is 408. The minimum absolute atomic E-state index is 0.399. The largest absolute Gasteiger partial charge is 0.357 e. The summed E-state index contributed by atoms with van der Waals surface area (Å²) in [6.45, 7) is 4.07. The van der Waals surface area contributed by atoms with Crippen molar-refractivity contribution in [1.29, 1.82) is 0 Å². The van der Waals surface area contributed by atoms with Gasteiger partial charge in [-0.05, 0) is 25.3 Å². The van der Waals surface area contributed by atoms with Gasteiger partial charge in [-0.2, -0.15) is 4.37 Å². The zero-order valence-electron chi connectivity index (χ0n) is 8.73. The van der Waals surface area contributed by atoms with Crippen LogP contribution in [0.2, 0.25) is 0 Å². The van der Waals surface area contributed by atoms with E-state index in [4.69, 9.17) is 0 Å². The van der Waals surface area contributed by atoms with Gasteiger partial charge in [-0.15, -0.1) is 11.3 Å². The number of nitrogens with zero attached hydrogens (tertiary/aromatic N) is 2. The van der Waals surface area contributed by atoms with Gasteiger partial charge in [0, 0.05) is 28.9 Å². The molecule has 2 rings (SSSR count). The molecule has 0 fully saturated rings. The van der Waals surface area contributed by atoms with Gasteiger partial charge in [0.05, 0.1) is 0 Å². The summed E-state index contributed by atoms with van der Waals surface area (Å²) in [6.07, 6.45) is 1.04. The van der Waals surface area contributed by atoms with Crippen LogP contribution < -0.4 is 5.32 Å². The Morgan fingerprint density at radius 2 is 2.40 bits per heavy atom. The summed E-state index contributed by atoms with van der Waals surface area (Å²) in [5.74, 6) is 0.839. The topological polar surface area (TPSA) is 37.8 Å². The van der Waals surface area contributed by atoms with Gasteiger partial charge >= 0.3 is 0 Å². The molecule has 0 saturated carbocycles. The van der Waals surface area contributed by atoms with Crippen molar-refractivity contribution in [3.05, 3.63) is 28.2 Å². The van der Waals surface area contributed by atoms with Crippen molar-refractivity contribution in [1.82, 2.24) is 9.36 Å². The Balaban J connectivity index is 1.90. The quantitative estimate of drug-likeness (QED) is 0.891. The van der Waals surface area contributed by atoms with E-state index in [0.29, 0.717) is 6.04 Å². The van der Waals surface area contributed by atoms with E-state index in [2.05, 4.69) is 39.1 Å². The molecule has 0 aliphatic heterocycles. The molecule has 0 radical (unpaired) electrons. The summed E-state index contributed by atoms with van der Waals surface area (Å²) in [4.78, 5) is 5.68. The number of aromatic nitrogens is 2. The predicted molar refractivity (Wildman–Crippen MR) is 65.8 cm³/mol. The first-order chi connectivity index (χ1) is 7.24. The van der Waals surface area contributed by atoms with E-state index in [1.165, 1.54) is 16.4 Å². The first-order valence-corrected chi connectivity index (χ1v) is 6.48. The van der Waals surface area contributed by atoms with Gasteiger partial charge in [-0.3, -0.25) is 0 Å². The Labute approximate surface area is 97.4 Å². The summed E-state index contributed by atoms with van der Waals surface area (Å²) in [5.41, 5.74) is 0. The van der Waals surface area contributed by atoms with Crippen molar-refractivity contribution in [2.24, 2.45) is 0 Å². The van der Waals surface area contributed by atoms with Crippen LogP contribution in [-0.4, -0.2) is 15.4 Å². The van der Waals surface area contributed by atoms with Crippen LogP contribution in [0.3, 0.4) is 0 Å². The van der Waals surface area contributed by atoms with Gasteiger partial charge in [-0.25, -0.2) is 4.98 Å². The average Bonchev–Trinajstić information content (AvgIpc) is 2.77. The maximum atomic E-state index is 4.28. The SMILES string of the molecule is Cc1nsc(NC(C)Cc2cccs2)n1. The minimum atomic E-state index is 0.399. The van der Waals surface area contributed by atoms with Gasteiger partial charge in [-0.1, -0.05) is 6.07 Å². The standard InChI is InChI=1S/C10H13N3S2/c1-7(6-9-4-3-5-14-9)11-10-12-8(2)13-15-10/h3-5,7H,6H2,1-2H3,(H,11,12,13). The van der Waals surface area contributed by atoms with E-state index in [-0.39, 0.29) is 0 Å². The van der Waals surface area contributed by atoms with E-state index in [1.807, 2.05) is 6.92 Å². The lowest BCUT2D eigenvalue weighted by molar-refractivity contribution is 0.798. The van der Waals surface area contributed by atoms with Crippen molar-refractivity contribution < 1.29 is 0 Å². The van der Waals surface area contributed by atoms with Crippen molar-refractivity contribution >= 4 is 28.0 Å². The van der Waals surface area contributed by atoms with Gasteiger partial charge < -0.3 is 5.32 Å². The van der Waals surface area contributed by atoms with E-state index >= 15 is 0 Å². The second kappa shape index (κ2) is 4.72. The van der Waals surface area contributed by atoms with Crippen molar-refractivity contribution in [3.63, 3.8) is 0 Å². The normalized spacial score (nSPS) is 12.7. The molecule has 15 heavy (non-hydrogen) atoms. The molecule has 2 heterocycles. The molecule has 0 spiro atoms. The van der Waals surface area contributed by atoms with Crippen LogP contribution in [0.25, 0.3) is 0 Å². The van der Waals surface area contributed by atoms with Crippen molar-refractivity contribution in [3.8, 4) is 0 Å². The number of aryl methyl sites for hydroxylation is 1. The smallest absolute Gasteiger partial charge is 0.202 e. The molecule has 1 atom stereocenters. The van der Waals surface area contributed by atoms with Crippen LogP contribution in [0.15, 0.2) is 17.5 Å². The minimum Gasteiger partial charge on any atom is -0.357 e. The number of nitrogens with one attached hydrogen (secondary N) is 1. The Kier molecular flexibility index (Phi) is 3.33. The molecule has 0 amide bonds. The maximum Gasteiger partial charge on any atom is 0.202 e. The second-order valence-corrected chi connectivity index (χ2v) is 5.26. The van der Waals surface area contributed by atoms with Crippen LogP contribution in [0.4, 0.5) is 5.13 Å². The van der Waals surface area contributed by atoms with Crippen LogP contribution in [-0.2, 0) is 6.42 Å². The molecule has 0 saturated heterocycles. The molecule has 3 nitrogen and oxygen atoms in total. The maximum absolute atomic E-state index is 4.28. The predicted octanol–water partition coefficient (Wildman–Crippen LogP) is 2.95. The molecule has 0 aliphatic carbocycles. The highest BCUT2D eigenvalue weighted by Gasteiger charge is 2.06. The number of hydrogen-bond donors (Lipinski definition) is 1. The molecule has 0 aromatic carbocycles. The fourth-order valence-electron chi connectivity index (χ4n) is 1.35. The van der Waals surface area contributed by atoms with E-state index in [9.17, 15) is 0 Å². The lowest BCUT2D eigenvalue weighted by atomic mass is 10.2. The van der Waals surface area contributed by atoms with Crippen LogP contribution in [0.5, 0.6) is 0 Å². The summed E-state index contributed by atoms with van der Waals surface area (Å²) < 4.78 is 4.14. The lowest BCUT2D eigenvalue weighted by Crippen LogP contribution is -2.17. The van der Waals surface area contributed by atoms with Crippen LogP contribution in [0, 0.1) is 6.92 Å². The highest BCUT2D eigenvalue weighted by molar-refractivity contribution is 7.10. The van der Waals surface area contributed by atoms with E-state index < -0.39 is 0 Å². The molecule has 2 aromatic heterocycles. The van der Waals surface area contributed by atoms with Gasteiger partial charge in [0.1, 0.15) is 5.82 Å². The van der Waals surface area contributed by atoms with E-state index in [1.54, 1.807) is 11.3 Å². The number of thiophene rings is 1. The third-order valence-electron chi connectivity index (χ3n) is 1.98. The lowest BCUT2D eigenvalue weighted by Gasteiger charge is -2.10. The summed E-state index contributed by atoms with van der Waals surface area (Å²) >= 11 is 3.22. The number of anilines is 1. The first-order valence-electron chi connectivity index (χ1n) is 4.83. The summed E-state index contributed by atoms with van der Waals surface area (Å²) in [7, 11) is 0. The fraction of sp³-hybridized carbons (Fsp3) is 0.400. The molecule has 0 bridgehead atoms. The van der Waals surface area contributed by atoms with E-state index in [0.717, 1.165) is 17.4 Å². The molecule has 2 aromatic rings. The molecule has 80 valence electrons. The number of hydrogen-bond acceptors (Lipinski definition) is 5. The van der Waals surface area contributed by atoms with Crippen LogP contribution in [0.1, 0.15) is 17.6 Å². The zero-order valence-corrected chi connectivity index (χ0v) is 10.4. The van der Waals surface area contributed by atoms with Gasteiger partial charge in [0.25, 0.3) is 0 Å². The van der Waals surface area contributed by atoms with Crippen molar-refractivity contribution in [2.75, 3.05) is 5.32 Å². The number of rotatable bonds is 4. The molecule has 0 aliphatic rings. The van der Waals surface area contributed by atoms with Crippen molar-refractivity contribution in [2.45, 2.75) is 26.3 Å².